The number of aromatic nitrogens is 3. The van der Waals surface area contributed by atoms with E-state index in [1.165, 1.54) is 0 Å². The molecule has 8 heteroatoms. The summed E-state index contributed by atoms with van der Waals surface area (Å²) in [5.74, 6) is -0.343. The Morgan fingerprint density at radius 3 is 2.34 bits per heavy atom. The molecular weight excluding hydrogens is 406 g/mol. The van der Waals surface area contributed by atoms with Gasteiger partial charge in [-0.15, -0.1) is 5.10 Å². The molecule has 32 heavy (non-hydrogen) atoms. The summed E-state index contributed by atoms with van der Waals surface area (Å²) in [6.07, 6.45) is 0. The number of hydrogen-bond donors (Lipinski definition) is 2. The van der Waals surface area contributed by atoms with Crippen LogP contribution in [0.5, 0.6) is 5.75 Å². The lowest BCUT2D eigenvalue weighted by molar-refractivity contribution is -0.123. The van der Waals surface area contributed by atoms with Crippen molar-refractivity contribution in [3.05, 3.63) is 96.3 Å². The highest BCUT2D eigenvalue weighted by Gasteiger charge is 2.30. The molecule has 0 saturated heterocycles. The van der Waals surface area contributed by atoms with E-state index >= 15 is 0 Å². The molecule has 2 N–H and O–H groups in total. The van der Waals surface area contributed by atoms with E-state index in [9.17, 15) is 9.59 Å². The summed E-state index contributed by atoms with van der Waals surface area (Å²) in [6, 6.07) is 26.2. The Balaban J connectivity index is 1.36. The first-order valence-corrected chi connectivity index (χ1v) is 10.1. The largest absolute Gasteiger partial charge is 0.492 e. The van der Waals surface area contributed by atoms with E-state index in [0.29, 0.717) is 11.6 Å². The number of para-hydroxylation sites is 2. The molecule has 0 aliphatic carbocycles. The monoisotopic (exact) mass is 425 g/mol. The maximum atomic E-state index is 12.7. The number of benzene rings is 3. The highest BCUT2D eigenvalue weighted by molar-refractivity contribution is 5.94. The van der Waals surface area contributed by atoms with Crippen LogP contribution in [-0.4, -0.2) is 33.2 Å². The first-order valence-electron chi connectivity index (χ1n) is 10.1. The molecule has 2 heterocycles. The van der Waals surface area contributed by atoms with Gasteiger partial charge < -0.3 is 4.74 Å². The quantitative estimate of drug-likeness (QED) is 0.490. The molecular formula is C24H19N5O3. The number of nitrogens with one attached hydrogen (secondary N) is 2. The van der Waals surface area contributed by atoms with Crippen LogP contribution >= 0.6 is 0 Å². The summed E-state index contributed by atoms with van der Waals surface area (Å²) >= 11 is 0. The van der Waals surface area contributed by atoms with Gasteiger partial charge in [0, 0.05) is 11.1 Å². The zero-order chi connectivity index (χ0) is 21.9. The smallest absolute Gasteiger partial charge is 0.309 e. The van der Waals surface area contributed by atoms with Crippen molar-refractivity contribution >= 4 is 11.8 Å². The Bertz CT molecular complexity index is 1210. The van der Waals surface area contributed by atoms with Gasteiger partial charge in [0.1, 0.15) is 18.3 Å². The van der Waals surface area contributed by atoms with Gasteiger partial charge in [0.05, 0.1) is 5.69 Å². The molecule has 1 atom stereocenters. The lowest BCUT2D eigenvalue weighted by Crippen LogP contribution is -2.44. The number of ether oxygens (including phenoxy) is 1. The molecule has 0 radical (unpaired) electrons. The number of rotatable bonds is 4. The summed E-state index contributed by atoms with van der Waals surface area (Å²) in [5.41, 5.74) is 7.25. The van der Waals surface area contributed by atoms with E-state index < -0.39 is 11.8 Å². The van der Waals surface area contributed by atoms with Gasteiger partial charge in [-0.1, -0.05) is 66.7 Å². The second-order valence-electron chi connectivity index (χ2n) is 7.22. The first kappa shape index (κ1) is 19.5. The Morgan fingerprint density at radius 2 is 1.56 bits per heavy atom. The molecule has 0 fully saturated rings. The van der Waals surface area contributed by atoms with Crippen LogP contribution in [0.3, 0.4) is 0 Å². The van der Waals surface area contributed by atoms with E-state index in [1.54, 1.807) is 4.68 Å². The normalized spacial score (nSPS) is 14.3. The maximum Gasteiger partial charge on any atom is 0.309 e. The van der Waals surface area contributed by atoms with Crippen LogP contribution in [0.15, 0.2) is 84.9 Å². The minimum atomic E-state index is -0.614. The molecule has 8 nitrogen and oxygen atoms in total. The molecule has 0 bridgehead atoms. The average molecular weight is 425 g/mol. The summed E-state index contributed by atoms with van der Waals surface area (Å²) in [6.45, 7) is 0.222. The molecule has 158 valence electrons. The van der Waals surface area contributed by atoms with Gasteiger partial charge in [-0.05, 0) is 18.2 Å². The van der Waals surface area contributed by atoms with Crippen LogP contribution in [0, 0.1) is 0 Å². The predicted octanol–water partition coefficient (Wildman–Crippen LogP) is 2.87. The molecule has 4 aromatic rings. The van der Waals surface area contributed by atoms with Gasteiger partial charge in [0.15, 0.2) is 5.82 Å². The maximum absolute atomic E-state index is 12.7. The van der Waals surface area contributed by atoms with Crippen molar-refractivity contribution in [1.82, 2.24) is 25.6 Å². The second-order valence-corrected chi connectivity index (χ2v) is 7.22. The Hall–Kier alpha value is -4.46. The minimum Gasteiger partial charge on any atom is -0.492 e. The molecule has 1 unspecified atom stereocenters. The summed E-state index contributed by atoms with van der Waals surface area (Å²) in [7, 11) is 0. The Labute approximate surface area is 183 Å². The molecule has 2 amide bonds. The van der Waals surface area contributed by atoms with Crippen LogP contribution in [0.2, 0.25) is 0 Å². The molecule has 1 aliphatic rings. The SMILES string of the molecule is O=C(NNC(=O)C1COc2ccccc21)c1nc(-c2ccccc2)n(-c2ccccc2)n1. The standard InChI is InChI=1S/C24H19N5O3/c30-23(19-15-32-20-14-8-7-13-18(19)20)26-27-24(31)21-25-22(16-9-3-1-4-10-16)29(28-21)17-11-5-2-6-12-17/h1-14,19H,15H2,(H,26,30)(H,27,31). The van der Waals surface area contributed by atoms with Crippen LogP contribution in [0.4, 0.5) is 0 Å². The summed E-state index contributed by atoms with van der Waals surface area (Å²) in [4.78, 5) is 29.8. The lowest BCUT2D eigenvalue weighted by Gasteiger charge is -2.10. The number of carbonyl (C=O) groups is 2. The molecule has 0 spiro atoms. The second kappa shape index (κ2) is 8.35. The fraction of sp³-hybridized carbons (Fsp3) is 0.0833. The minimum absolute atomic E-state index is 0.0592. The van der Waals surface area contributed by atoms with E-state index in [1.807, 2.05) is 84.9 Å². The van der Waals surface area contributed by atoms with Crippen molar-refractivity contribution in [2.24, 2.45) is 0 Å². The number of carbonyl (C=O) groups excluding carboxylic acids is 2. The Kier molecular flexibility index (Phi) is 5.09. The van der Waals surface area contributed by atoms with E-state index in [2.05, 4.69) is 20.9 Å². The number of amides is 2. The van der Waals surface area contributed by atoms with Gasteiger partial charge in [0.2, 0.25) is 11.7 Å². The zero-order valence-corrected chi connectivity index (χ0v) is 16.9. The fourth-order valence-electron chi connectivity index (χ4n) is 3.57. The van der Waals surface area contributed by atoms with Gasteiger partial charge in [-0.25, -0.2) is 9.67 Å². The fourth-order valence-corrected chi connectivity index (χ4v) is 3.57. The van der Waals surface area contributed by atoms with E-state index in [0.717, 1.165) is 16.8 Å². The highest BCUT2D eigenvalue weighted by Crippen LogP contribution is 2.33. The van der Waals surface area contributed by atoms with Crippen molar-refractivity contribution < 1.29 is 14.3 Å². The van der Waals surface area contributed by atoms with Crippen LogP contribution in [0.1, 0.15) is 22.1 Å². The lowest BCUT2D eigenvalue weighted by atomic mass is 10.0. The van der Waals surface area contributed by atoms with Crippen molar-refractivity contribution in [3.8, 4) is 22.8 Å². The third-order valence-corrected chi connectivity index (χ3v) is 5.16. The number of fused-ring (bicyclic) bond motifs is 1. The molecule has 1 aliphatic heterocycles. The zero-order valence-electron chi connectivity index (χ0n) is 16.9. The third kappa shape index (κ3) is 3.69. The summed E-state index contributed by atoms with van der Waals surface area (Å²) < 4.78 is 7.14. The average Bonchev–Trinajstić information content (AvgIpc) is 3.49. The molecule has 5 rings (SSSR count). The van der Waals surface area contributed by atoms with Crippen molar-refractivity contribution in [2.45, 2.75) is 5.92 Å². The van der Waals surface area contributed by atoms with Crippen molar-refractivity contribution in [3.63, 3.8) is 0 Å². The molecule has 3 aromatic carbocycles. The van der Waals surface area contributed by atoms with E-state index in [-0.39, 0.29) is 18.3 Å². The van der Waals surface area contributed by atoms with Gasteiger partial charge in [-0.3, -0.25) is 20.4 Å². The number of hydrazine groups is 1. The number of nitrogens with zero attached hydrogens (tertiary/aromatic N) is 3. The van der Waals surface area contributed by atoms with Crippen LogP contribution < -0.4 is 15.6 Å². The first-order chi connectivity index (χ1) is 15.7. The highest BCUT2D eigenvalue weighted by atomic mass is 16.5. The molecule has 0 saturated carbocycles. The summed E-state index contributed by atoms with van der Waals surface area (Å²) in [5, 5.41) is 4.39. The topological polar surface area (TPSA) is 98.1 Å². The molecule has 1 aromatic heterocycles. The van der Waals surface area contributed by atoms with Gasteiger partial charge >= 0.3 is 5.91 Å². The third-order valence-electron chi connectivity index (χ3n) is 5.16. The Morgan fingerprint density at radius 1 is 0.875 bits per heavy atom. The number of hydrogen-bond acceptors (Lipinski definition) is 5. The van der Waals surface area contributed by atoms with Crippen LogP contribution in [-0.2, 0) is 4.79 Å². The van der Waals surface area contributed by atoms with Crippen molar-refractivity contribution in [1.29, 1.82) is 0 Å². The van der Waals surface area contributed by atoms with Crippen LogP contribution in [0.25, 0.3) is 17.1 Å². The predicted molar refractivity (Wildman–Crippen MR) is 117 cm³/mol. The van der Waals surface area contributed by atoms with E-state index in [4.69, 9.17) is 4.74 Å². The van der Waals surface area contributed by atoms with Crippen molar-refractivity contribution in [2.75, 3.05) is 6.61 Å². The van der Waals surface area contributed by atoms with Gasteiger partial charge in [-0.2, -0.15) is 0 Å². The van der Waals surface area contributed by atoms with Gasteiger partial charge in [0.25, 0.3) is 0 Å².